The first-order valence-electron chi connectivity index (χ1n) is 5.67. The van der Waals surface area contributed by atoms with Crippen LogP contribution in [0.15, 0.2) is 24.8 Å². The molecule has 0 radical (unpaired) electrons. The van der Waals surface area contributed by atoms with Crippen molar-refractivity contribution in [2.45, 2.75) is 13.8 Å². The van der Waals surface area contributed by atoms with Crippen molar-refractivity contribution < 1.29 is 9.53 Å². The molecule has 1 amide bonds. The number of ether oxygens (including phenoxy) is 1. The van der Waals surface area contributed by atoms with Crippen molar-refractivity contribution in [3.8, 4) is 5.75 Å². The molecule has 3 heteroatoms. The number of hydrogen-bond acceptors (Lipinski definition) is 2. The summed E-state index contributed by atoms with van der Waals surface area (Å²) in [4.78, 5) is 11.8. The predicted octanol–water partition coefficient (Wildman–Crippen LogP) is 2.72. The Hall–Kier alpha value is -1.77. The van der Waals surface area contributed by atoms with Crippen molar-refractivity contribution in [3.05, 3.63) is 35.9 Å². The van der Waals surface area contributed by atoms with Crippen LogP contribution in [0.2, 0.25) is 0 Å². The van der Waals surface area contributed by atoms with E-state index in [-0.39, 0.29) is 5.91 Å². The van der Waals surface area contributed by atoms with E-state index in [2.05, 4.69) is 25.7 Å². The standard InChI is InChI=1S/C14H19NO2/c1-5-11-8-12(6-7-13(11)17-4)14(16)15-9-10(2)3/h5-8,10H,1,9H2,2-4H3,(H,15,16). The first kappa shape index (κ1) is 13.3. The van der Waals surface area contributed by atoms with Gasteiger partial charge < -0.3 is 10.1 Å². The molecule has 0 heterocycles. The van der Waals surface area contributed by atoms with Gasteiger partial charge in [-0.05, 0) is 24.1 Å². The zero-order chi connectivity index (χ0) is 12.8. The van der Waals surface area contributed by atoms with Crippen molar-refractivity contribution in [2.24, 2.45) is 5.92 Å². The molecule has 1 rings (SSSR count). The van der Waals surface area contributed by atoms with Gasteiger partial charge in [0, 0.05) is 17.7 Å². The van der Waals surface area contributed by atoms with Crippen LogP contribution in [0.5, 0.6) is 5.75 Å². The highest BCUT2D eigenvalue weighted by molar-refractivity contribution is 5.95. The molecule has 0 aromatic heterocycles. The van der Waals surface area contributed by atoms with E-state index in [9.17, 15) is 4.79 Å². The molecule has 0 saturated heterocycles. The van der Waals surface area contributed by atoms with Crippen LogP contribution in [-0.2, 0) is 0 Å². The van der Waals surface area contributed by atoms with Crippen LogP contribution in [0.25, 0.3) is 6.08 Å². The highest BCUT2D eigenvalue weighted by Crippen LogP contribution is 2.20. The number of hydrogen-bond donors (Lipinski definition) is 1. The molecule has 1 aromatic carbocycles. The average molecular weight is 233 g/mol. The van der Waals surface area contributed by atoms with E-state index in [1.807, 2.05) is 0 Å². The lowest BCUT2D eigenvalue weighted by molar-refractivity contribution is 0.0949. The third kappa shape index (κ3) is 3.63. The molecule has 0 aliphatic carbocycles. The number of benzene rings is 1. The molecule has 1 N–H and O–H groups in total. The molecule has 0 unspecified atom stereocenters. The second-order valence-electron chi connectivity index (χ2n) is 4.26. The molecule has 0 aliphatic rings. The summed E-state index contributed by atoms with van der Waals surface area (Å²) in [5.41, 5.74) is 1.45. The summed E-state index contributed by atoms with van der Waals surface area (Å²) in [5, 5.41) is 2.87. The molecule has 0 atom stereocenters. The first-order valence-corrected chi connectivity index (χ1v) is 5.67. The van der Waals surface area contributed by atoms with Crippen LogP contribution < -0.4 is 10.1 Å². The summed E-state index contributed by atoms with van der Waals surface area (Å²) >= 11 is 0. The molecular formula is C14H19NO2. The lowest BCUT2D eigenvalue weighted by atomic mass is 10.1. The summed E-state index contributed by atoms with van der Waals surface area (Å²) in [6.07, 6.45) is 1.68. The third-order valence-electron chi connectivity index (χ3n) is 2.38. The van der Waals surface area contributed by atoms with Gasteiger partial charge in [-0.15, -0.1) is 0 Å². The highest BCUT2D eigenvalue weighted by atomic mass is 16.5. The van der Waals surface area contributed by atoms with Gasteiger partial charge in [0.15, 0.2) is 0 Å². The van der Waals surface area contributed by atoms with Crippen molar-refractivity contribution in [2.75, 3.05) is 13.7 Å². The minimum Gasteiger partial charge on any atom is -0.496 e. The van der Waals surface area contributed by atoms with Crippen molar-refractivity contribution >= 4 is 12.0 Å². The number of rotatable bonds is 5. The van der Waals surface area contributed by atoms with Gasteiger partial charge in [0.25, 0.3) is 5.91 Å². The lowest BCUT2D eigenvalue weighted by Crippen LogP contribution is -2.27. The van der Waals surface area contributed by atoms with E-state index in [0.29, 0.717) is 18.0 Å². The van der Waals surface area contributed by atoms with Gasteiger partial charge in [-0.1, -0.05) is 26.5 Å². The second kappa shape index (κ2) is 6.09. The van der Waals surface area contributed by atoms with E-state index >= 15 is 0 Å². The van der Waals surface area contributed by atoms with Gasteiger partial charge in [-0.25, -0.2) is 0 Å². The van der Waals surface area contributed by atoms with E-state index in [4.69, 9.17) is 4.74 Å². The number of methoxy groups -OCH3 is 1. The molecule has 0 bridgehead atoms. The predicted molar refractivity (Wildman–Crippen MR) is 70.3 cm³/mol. The largest absolute Gasteiger partial charge is 0.496 e. The van der Waals surface area contributed by atoms with Gasteiger partial charge >= 0.3 is 0 Å². The zero-order valence-corrected chi connectivity index (χ0v) is 10.6. The summed E-state index contributed by atoms with van der Waals surface area (Å²) in [7, 11) is 1.60. The van der Waals surface area contributed by atoms with Crippen LogP contribution in [0.1, 0.15) is 29.8 Å². The maximum atomic E-state index is 11.8. The van der Waals surface area contributed by atoms with Crippen LogP contribution in [0, 0.1) is 5.92 Å². The Labute approximate surface area is 102 Å². The monoisotopic (exact) mass is 233 g/mol. The topological polar surface area (TPSA) is 38.3 Å². The van der Waals surface area contributed by atoms with Gasteiger partial charge in [0.2, 0.25) is 0 Å². The number of nitrogens with one attached hydrogen (secondary N) is 1. The number of carbonyl (C=O) groups is 1. The van der Waals surface area contributed by atoms with Gasteiger partial charge in [-0.2, -0.15) is 0 Å². The normalized spacial score (nSPS) is 10.1. The van der Waals surface area contributed by atoms with E-state index < -0.39 is 0 Å². The Morgan fingerprint density at radius 3 is 2.76 bits per heavy atom. The molecule has 3 nitrogen and oxygen atoms in total. The van der Waals surface area contributed by atoms with Crippen LogP contribution in [0.3, 0.4) is 0 Å². The molecule has 0 fully saturated rings. The fourth-order valence-electron chi connectivity index (χ4n) is 1.43. The third-order valence-corrected chi connectivity index (χ3v) is 2.38. The fraction of sp³-hybridized carbons (Fsp3) is 0.357. The molecule has 92 valence electrons. The molecule has 17 heavy (non-hydrogen) atoms. The summed E-state index contributed by atoms with van der Waals surface area (Å²) in [5.74, 6) is 1.10. The lowest BCUT2D eigenvalue weighted by Gasteiger charge is -2.10. The summed E-state index contributed by atoms with van der Waals surface area (Å²) in [6.45, 7) is 8.50. The Kier molecular flexibility index (Phi) is 4.76. The fourth-order valence-corrected chi connectivity index (χ4v) is 1.43. The number of amides is 1. The van der Waals surface area contributed by atoms with Gasteiger partial charge in [0.05, 0.1) is 7.11 Å². The van der Waals surface area contributed by atoms with Crippen LogP contribution in [0.4, 0.5) is 0 Å². The quantitative estimate of drug-likeness (QED) is 0.849. The molecule has 1 aromatic rings. The molecular weight excluding hydrogens is 214 g/mol. The zero-order valence-electron chi connectivity index (χ0n) is 10.6. The van der Waals surface area contributed by atoms with Crippen LogP contribution >= 0.6 is 0 Å². The Balaban J connectivity index is 2.84. The molecule has 0 aliphatic heterocycles. The first-order chi connectivity index (χ1) is 8.08. The van der Waals surface area contributed by atoms with Crippen LogP contribution in [-0.4, -0.2) is 19.6 Å². The van der Waals surface area contributed by atoms with Gasteiger partial charge in [0.1, 0.15) is 5.75 Å². The Morgan fingerprint density at radius 2 is 2.24 bits per heavy atom. The highest BCUT2D eigenvalue weighted by Gasteiger charge is 2.08. The van der Waals surface area contributed by atoms with E-state index in [1.54, 1.807) is 31.4 Å². The maximum Gasteiger partial charge on any atom is 0.251 e. The minimum atomic E-state index is -0.0653. The molecule has 0 saturated carbocycles. The molecule has 0 spiro atoms. The van der Waals surface area contributed by atoms with Crippen molar-refractivity contribution in [1.82, 2.24) is 5.32 Å². The van der Waals surface area contributed by atoms with Crippen molar-refractivity contribution in [3.63, 3.8) is 0 Å². The second-order valence-corrected chi connectivity index (χ2v) is 4.26. The van der Waals surface area contributed by atoms with Crippen molar-refractivity contribution in [1.29, 1.82) is 0 Å². The smallest absolute Gasteiger partial charge is 0.251 e. The minimum absolute atomic E-state index is 0.0653. The SMILES string of the molecule is C=Cc1cc(C(=O)NCC(C)C)ccc1OC. The number of carbonyl (C=O) groups excluding carboxylic acids is 1. The van der Waals surface area contributed by atoms with E-state index in [0.717, 1.165) is 11.3 Å². The summed E-state index contributed by atoms with van der Waals surface area (Å²) < 4.78 is 5.17. The maximum absolute atomic E-state index is 11.8. The summed E-state index contributed by atoms with van der Waals surface area (Å²) in [6, 6.07) is 5.31. The average Bonchev–Trinajstić information content (AvgIpc) is 2.34. The van der Waals surface area contributed by atoms with E-state index in [1.165, 1.54) is 0 Å². The Morgan fingerprint density at radius 1 is 1.53 bits per heavy atom. The van der Waals surface area contributed by atoms with Gasteiger partial charge in [-0.3, -0.25) is 4.79 Å². The Bertz CT molecular complexity index is 411.